The van der Waals surface area contributed by atoms with Gasteiger partial charge in [0.2, 0.25) is 5.91 Å². The average Bonchev–Trinajstić information content (AvgIpc) is 2.26. The quantitative estimate of drug-likeness (QED) is 0.791. The largest absolute Gasteiger partial charge is 0.381 e. The van der Waals surface area contributed by atoms with E-state index in [0.717, 1.165) is 0 Å². The molecule has 1 atom stereocenters. The second-order valence-electron chi connectivity index (χ2n) is 4.02. The second-order valence-corrected chi connectivity index (χ2v) is 5.30. The molecular formula is C10H21ClN2O2S. The van der Waals surface area contributed by atoms with Gasteiger partial charge in [0, 0.05) is 25.0 Å². The zero-order valence-corrected chi connectivity index (χ0v) is 11.5. The highest BCUT2D eigenvalue weighted by Gasteiger charge is 2.35. The van der Waals surface area contributed by atoms with Crippen molar-refractivity contribution < 1.29 is 9.53 Å². The van der Waals surface area contributed by atoms with E-state index in [9.17, 15) is 4.79 Å². The predicted octanol–water partition coefficient (Wildman–Crippen LogP) is 0.784. The van der Waals surface area contributed by atoms with Crippen molar-refractivity contribution in [1.29, 1.82) is 0 Å². The second kappa shape index (κ2) is 7.37. The van der Waals surface area contributed by atoms with E-state index in [1.807, 2.05) is 6.26 Å². The molecule has 1 aliphatic rings. The van der Waals surface area contributed by atoms with E-state index in [2.05, 4.69) is 12.2 Å². The molecule has 0 saturated carbocycles. The minimum atomic E-state index is -0.712. The number of ether oxygens (including phenoxy) is 1. The molecular weight excluding hydrogens is 248 g/mol. The highest BCUT2D eigenvalue weighted by Crippen LogP contribution is 2.17. The van der Waals surface area contributed by atoms with Crippen LogP contribution in [0.3, 0.4) is 0 Å². The van der Waals surface area contributed by atoms with Gasteiger partial charge in [0.1, 0.15) is 0 Å². The fourth-order valence-corrected chi connectivity index (χ4v) is 1.71. The number of hydrogen-bond acceptors (Lipinski definition) is 4. The highest BCUT2D eigenvalue weighted by molar-refractivity contribution is 7.99. The lowest BCUT2D eigenvalue weighted by atomic mass is 9.90. The van der Waals surface area contributed by atoms with Gasteiger partial charge in [-0.05, 0) is 19.1 Å². The maximum Gasteiger partial charge on any atom is 0.240 e. The number of thioether (sulfide) groups is 1. The van der Waals surface area contributed by atoms with Gasteiger partial charge in [-0.2, -0.15) is 11.8 Å². The third-order valence-corrected chi connectivity index (χ3v) is 3.76. The molecule has 0 radical (unpaired) electrons. The average molecular weight is 269 g/mol. The van der Waals surface area contributed by atoms with Crippen molar-refractivity contribution in [2.24, 2.45) is 5.73 Å². The molecule has 1 saturated heterocycles. The molecule has 0 aromatic carbocycles. The van der Waals surface area contributed by atoms with Crippen LogP contribution in [0.15, 0.2) is 0 Å². The van der Waals surface area contributed by atoms with E-state index in [1.165, 1.54) is 0 Å². The molecule has 6 heteroatoms. The minimum absolute atomic E-state index is 0. The molecule has 96 valence electrons. The van der Waals surface area contributed by atoms with Gasteiger partial charge in [-0.3, -0.25) is 4.79 Å². The third-order valence-electron chi connectivity index (χ3n) is 2.79. The number of nitrogens with two attached hydrogens (primary N) is 1. The summed E-state index contributed by atoms with van der Waals surface area (Å²) >= 11 is 1.73. The van der Waals surface area contributed by atoms with Crippen LogP contribution in [0, 0.1) is 0 Å². The van der Waals surface area contributed by atoms with Crippen molar-refractivity contribution in [1.82, 2.24) is 5.32 Å². The van der Waals surface area contributed by atoms with Gasteiger partial charge in [0.25, 0.3) is 0 Å². The number of hydrogen-bond donors (Lipinski definition) is 2. The molecule has 0 aromatic heterocycles. The first-order valence-electron chi connectivity index (χ1n) is 5.26. The summed E-state index contributed by atoms with van der Waals surface area (Å²) < 4.78 is 5.20. The van der Waals surface area contributed by atoms with Crippen LogP contribution in [0.4, 0.5) is 0 Å². The Balaban J connectivity index is 0.00000225. The third kappa shape index (κ3) is 4.49. The van der Waals surface area contributed by atoms with Gasteiger partial charge in [0.15, 0.2) is 0 Å². The first-order chi connectivity index (χ1) is 7.08. The number of carbonyl (C=O) groups excluding carboxylic acids is 1. The summed E-state index contributed by atoms with van der Waals surface area (Å²) in [7, 11) is 0. The Labute approximate surface area is 107 Å². The minimum Gasteiger partial charge on any atom is -0.381 e. The summed E-state index contributed by atoms with van der Waals surface area (Å²) in [6.45, 7) is 3.93. The molecule has 1 aliphatic heterocycles. The van der Waals surface area contributed by atoms with Crippen LogP contribution < -0.4 is 11.1 Å². The monoisotopic (exact) mass is 268 g/mol. The molecule has 16 heavy (non-hydrogen) atoms. The molecule has 1 heterocycles. The van der Waals surface area contributed by atoms with Gasteiger partial charge in [-0.1, -0.05) is 6.92 Å². The molecule has 0 bridgehead atoms. The van der Waals surface area contributed by atoms with Gasteiger partial charge < -0.3 is 15.8 Å². The Morgan fingerprint density at radius 2 is 2.12 bits per heavy atom. The standard InChI is InChI=1S/C10H20N2O2S.ClH/c1-8(15-2)7-12-9(13)10(11)3-5-14-6-4-10;/h8H,3-7,11H2,1-2H3,(H,12,13);1H. The summed E-state index contributed by atoms with van der Waals surface area (Å²) in [5.41, 5.74) is 5.32. The summed E-state index contributed by atoms with van der Waals surface area (Å²) in [4.78, 5) is 11.8. The SMILES string of the molecule is CSC(C)CNC(=O)C1(N)CCOCC1.Cl. The van der Waals surface area contributed by atoms with Crippen molar-refractivity contribution in [3.63, 3.8) is 0 Å². The van der Waals surface area contributed by atoms with E-state index in [4.69, 9.17) is 10.5 Å². The van der Waals surface area contributed by atoms with Crippen LogP contribution in [0.5, 0.6) is 0 Å². The van der Waals surface area contributed by atoms with Crippen LogP contribution in [-0.4, -0.2) is 42.7 Å². The van der Waals surface area contributed by atoms with E-state index in [0.29, 0.717) is 37.9 Å². The summed E-state index contributed by atoms with van der Waals surface area (Å²) in [6, 6.07) is 0. The lowest BCUT2D eigenvalue weighted by molar-refractivity contribution is -0.129. The van der Waals surface area contributed by atoms with Crippen LogP contribution in [-0.2, 0) is 9.53 Å². The van der Waals surface area contributed by atoms with Crippen molar-refractivity contribution in [3.05, 3.63) is 0 Å². The van der Waals surface area contributed by atoms with Gasteiger partial charge in [-0.25, -0.2) is 0 Å². The van der Waals surface area contributed by atoms with Crippen molar-refractivity contribution in [2.75, 3.05) is 26.0 Å². The van der Waals surface area contributed by atoms with Gasteiger partial charge in [-0.15, -0.1) is 12.4 Å². The molecule has 0 aromatic rings. The summed E-state index contributed by atoms with van der Waals surface area (Å²) in [6.07, 6.45) is 3.27. The fourth-order valence-electron chi connectivity index (χ4n) is 1.46. The number of amides is 1. The first kappa shape index (κ1) is 16.0. The number of halogens is 1. The molecule has 1 amide bonds. The van der Waals surface area contributed by atoms with Gasteiger partial charge in [0.05, 0.1) is 5.54 Å². The van der Waals surface area contributed by atoms with Crippen LogP contribution >= 0.6 is 24.2 Å². The maximum atomic E-state index is 11.8. The Morgan fingerprint density at radius 3 is 2.62 bits per heavy atom. The van der Waals surface area contributed by atoms with E-state index in [-0.39, 0.29) is 18.3 Å². The zero-order valence-electron chi connectivity index (χ0n) is 9.82. The van der Waals surface area contributed by atoms with Crippen LogP contribution in [0.1, 0.15) is 19.8 Å². The highest BCUT2D eigenvalue weighted by atomic mass is 35.5. The van der Waals surface area contributed by atoms with Crippen LogP contribution in [0.25, 0.3) is 0 Å². The van der Waals surface area contributed by atoms with Crippen molar-refractivity contribution in [3.8, 4) is 0 Å². The lowest BCUT2D eigenvalue weighted by Crippen LogP contribution is -2.57. The fraction of sp³-hybridized carbons (Fsp3) is 0.900. The van der Waals surface area contributed by atoms with E-state index < -0.39 is 5.54 Å². The summed E-state index contributed by atoms with van der Waals surface area (Å²) in [5.74, 6) is -0.0355. The smallest absolute Gasteiger partial charge is 0.240 e. The molecule has 3 N–H and O–H groups in total. The predicted molar refractivity (Wildman–Crippen MR) is 70.2 cm³/mol. The Morgan fingerprint density at radius 1 is 1.56 bits per heavy atom. The van der Waals surface area contributed by atoms with E-state index >= 15 is 0 Å². The number of rotatable bonds is 4. The molecule has 1 fully saturated rings. The molecule has 1 rings (SSSR count). The zero-order chi connectivity index (χ0) is 11.3. The Kier molecular flexibility index (Phi) is 7.39. The number of nitrogens with one attached hydrogen (secondary N) is 1. The van der Waals surface area contributed by atoms with Crippen molar-refractivity contribution in [2.45, 2.75) is 30.6 Å². The topological polar surface area (TPSA) is 64.4 Å². The number of carbonyl (C=O) groups is 1. The molecule has 1 unspecified atom stereocenters. The van der Waals surface area contributed by atoms with E-state index in [1.54, 1.807) is 11.8 Å². The Hall–Kier alpha value is 0.0300. The Bertz CT molecular complexity index is 223. The maximum absolute atomic E-state index is 11.8. The van der Waals surface area contributed by atoms with Gasteiger partial charge >= 0.3 is 0 Å². The lowest BCUT2D eigenvalue weighted by Gasteiger charge is -2.32. The van der Waals surface area contributed by atoms with Crippen LogP contribution in [0.2, 0.25) is 0 Å². The van der Waals surface area contributed by atoms with Crippen molar-refractivity contribution >= 4 is 30.1 Å². The first-order valence-corrected chi connectivity index (χ1v) is 6.55. The summed E-state index contributed by atoms with van der Waals surface area (Å²) in [5, 5.41) is 3.33. The normalized spacial score (nSPS) is 20.7. The molecule has 0 spiro atoms. The molecule has 4 nitrogen and oxygen atoms in total. The molecule has 0 aliphatic carbocycles.